The van der Waals surface area contributed by atoms with Crippen molar-refractivity contribution in [2.75, 3.05) is 5.32 Å². The summed E-state index contributed by atoms with van der Waals surface area (Å²) < 4.78 is 7.62. The minimum absolute atomic E-state index is 0.249. The molecule has 32 heavy (non-hydrogen) atoms. The van der Waals surface area contributed by atoms with Gasteiger partial charge in [-0.05, 0) is 79.2 Å². The van der Waals surface area contributed by atoms with Crippen LogP contribution in [0.15, 0.2) is 72.8 Å². The number of nitrogens with zero attached hydrogens (tertiary/aromatic N) is 3. The number of aromatic nitrogens is 4. The molecule has 0 saturated carbocycles. The quantitative estimate of drug-likeness (QED) is 0.370. The van der Waals surface area contributed by atoms with Crippen LogP contribution >= 0.6 is 12.2 Å². The van der Waals surface area contributed by atoms with E-state index in [-0.39, 0.29) is 11.7 Å². The fourth-order valence-corrected chi connectivity index (χ4v) is 3.31. The molecule has 1 unspecified atom stereocenters. The SMILES string of the molecule is CC(Oc1ccc(Cc2ccc(O)cc2)cc1)C(=O)Nc1cccc(-n2[nH]nnc2=S)c1. The summed E-state index contributed by atoms with van der Waals surface area (Å²) in [5.74, 6) is 0.575. The van der Waals surface area contributed by atoms with Gasteiger partial charge in [-0.3, -0.25) is 4.79 Å². The van der Waals surface area contributed by atoms with Crippen LogP contribution in [0.4, 0.5) is 5.69 Å². The molecule has 1 amide bonds. The Kier molecular flexibility index (Phi) is 6.27. The number of phenols is 1. The van der Waals surface area contributed by atoms with Crippen LogP contribution in [0.1, 0.15) is 18.1 Å². The first-order valence-electron chi connectivity index (χ1n) is 9.93. The van der Waals surface area contributed by atoms with E-state index in [9.17, 15) is 9.90 Å². The van der Waals surface area contributed by atoms with Gasteiger partial charge < -0.3 is 15.2 Å². The Bertz CT molecular complexity index is 1270. The average molecular weight is 448 g/mol. The minimum atomic E-state index is -0.697. The number of ether oxygens (including phenoxy) is 1. The van der Waals surface area contributed by atoms with Gasteiger partial charge in [-0.1, -0.05) is 40.6 Å². The summed E-state index contributed by atoms with van der Waals surface area (Å²) in [6.07, 6.45) is 0.0422. The molecule has 9 heteroatoms. The number of amides is 1. The van der Waals surface area contributed by atoms with E-state index in [1.165, 1.54) is 4.68 Å². The summed E-state index contributed by atoms with van der Waals surface area (Å²) in [6, 6.07) is 21.9. The van der Waals surface area contributed by atoms with Crippen LogP contribution in [-0.2, 0) is 11.2 Å². The lowest BCUT2D eigenvalue weighted by Crippen LogP contribution is -2.30. The van der Waals surface area contributed by atoms with Gasteiger partial charge in [0.2, 0.25) is 4.77 Å². The van der Waals surface area contributed by atoms with Crippen molar-refractivity contribution in [3.8, 4) is 17.2 Å². The van der Waals surface area contributed by atoms with E-state index in [2.05, 4.69) is 20.8 Å². The van der Waals surface area contributed by atoms with E-state index < -0.39 is 6.10 Å². The number of carbonyl (C=O) groups excluding carboxylic acids is 1. The van der Waals surface area contributed by atoms with Crippen molar-refractivity contribution in [2.45, 2.75) is 19.4 Å². The lowest BCUT2D eigenvalue weighted by molar-refractivity contribution is -0.122. The van der Waals surface area contributed by atoms with Gasteiger partial charge in [0.15, 0.2) is 6.10 Å². The van der Waals surface area contributed by atoms with Gasteiger partial charge in [0.1, 0.15) is 11.5 Å². The Balaban J connectivity index is 1.36. The highest BCUT2D eigenvalue weighted by Crippen LogP contribution is 2.19. The predicted molar refractivity (Wildman–Crippen MR) is 123 cm³/mol. The normalized spacial score (nSPS) is 11.7. The van der Waals surface area contributed by atoms with E-state index in [4.69, 9.17) is 17.0 Å². The van der Waals surface area contributed by atoms with Crippen LogP contribution in [0, 0.1) is 4.77 Å². The molecule has 3 aromatic carbocycles. The molecule has 162 valence electrons. The molecule has 0 aliphatic rings. The fourth-order valence-electron chi connectivity index (χ4n) is 3.13. The van der Waals surface area contributed by atoms with Crippen molar-refractivity contribution >= 4 is 23.8 Å². The Morgan fingerprint density at radius 2 is 1.81 bits per heavy atom. The Labute approximate surface area is 189 Å². The molecule has 0 aliphatic carbocycles. The van der Waals surface area contributed by atoms with Gasteiger partial charge in [0, 0.05) is 5.69 Å². The van der Waals surface area contributed by atoms with Crippen LogP contribution in [-0.4, -0.2) is 37.3 Å². The van der Waals surface area contributed by atoms with Crippen molar-refractivity contribution in [3.05, 3.63) is 88.7 Å². The second-order valence-electron chi connectivity index (χ2n) is 7.20. The molecule has 1 heterocycles. The smallest absolute Gasteiger partial charge is 0.265 e. The topological polar surface area (TPSA) is 105 Å². The number of benzene rings is 3. The number of aromatic hydroxyl groups is 1. The molecule has 4 rings (SSSR count). The van der Waals surface area contributed by atoms with Crippen molar-refractivity contribution in [3.63, 3.8) is 0 Å². The number of hydrogen-bond acceptors (Lipinski definition) is 6. The van der Waals surface area contributed by atoms with Crippen LogP contribution in [0.25, 0.3) is 5.69 Å². The highest BCUT2D eigenvalue weighted by molar-refractivity contribution is 7.71. The van der Waals surface area contributed by atoms with E-state index in [1.54, 1.807) is 37.3 Å². The zero-order valence-corrected chi connectivity index (χ0v) is 18.0. The van der Waals surface area contributed by atoms with Crippen LogP contribution in [0.3, 0.4) is 0 Å². The Morgan fingerprint density at radius 3 is 2.47 bits per heavy atom. The molecule has 8 nitrogen and oxygen atoms in total. The summed E-state index contributed by atoms with van der Waals surface area (Å²) >= 11 is 5.10. The van der Waals surface area contributed by atoms with Crippen LogP contribution in [0.5, 0.6) is 11.5 Å². The lowest BCUT2D eigenvalue weighted by atomic mass is 10.0. The van der Waals surface area contributed by atoms with Crippen molar-refractivity contribution < 1.29 is 14.6 Å². The zero-order chi connectivity index (χ0) is 22.5. The molecule has 0 bridgehead atoms. The maximum absolute atomic E-state index is 12.6. The largest absolute Gasteiger partial charge is 0.508 e. The molecule has 0 radical (unpaired) electrons. The Hall–Kier alpha value is -3.98. The standard InChI is InChI=1S/C23H21N5O3S/c1-15(22(30)24-18-3-2-4-19(14-18)28-23(32)25-26-27-28)31-21-11-7-17(8-12-21)13-16-5-9-20(29)10-6-16/h2-12,14-15,29H,13H2,1H3,(H,24,30)(H,25,27,32). The molecular formula is C23H21N5O3S. The molecule has 0 spiro atoms. The lowest BCUT2D eigenvalue weighted by Gasteiger charge is -2.15. The van der Waals surface area contributed by atoms with Gasteiger partial charge in [-0.25, -0.2) is 4.68 Å². The first kappa shape index (κ1) is 21.3. The maximum atomic E-state index is 12.6. The van der Waals surface area contributed by atoms with Crippen LogP contribution < -0.4 is 10.1 Å². The van der Waals surface area contributed by atoms with E-state index in [0.29, 0.717) is 21.9 Å². The summed E-state index contributed by atoms with van der Waals surface area (Å²) in [4.78, 5) is 12.6. The second-order valence-corrected chi connectivity index (χ2v) is 7.57. The van der Waals surface area contributed by atoms with E-state index in [1.807, 2.05) is 42.5 Å². The summed E-state index contributed by atoms with van der Waals surface area (Å²) in [5.41, 5.74) is 3.50. The van der Waals surface area contributed by atoms with Gasteiger partial charge >= 0.3 is 0 Å². The highest BCUT2D eigenvalue weighted by Gasteiger charge is 2.15. The molecule has 3 N–H and O–H groups in total. The zero-order valence-electron chi connectivity index (χ0n) is 17.2. The van der Waals surface area contributed by atoms with Gasteiger partial charge in [0.05, 0.1) is 5.69 Å². The molecular weight excluding hydrogens is 426 g/mol. The Morgan fingerprint density at radius 1 is 1.12 bits per heavy atom. The molecule has 0 aliphatic heterocycles. The number of nitrogens with one attached hydrogen (secondary N) is 2. The van der Waals surface area contributed by atoms with Crippen molar-refractivity contribution in [2.24, 2.45) is 0 Å². The molecule has 4 aromatic rings. The number of H-pyrrole nitrogens is 1. The molecule has 0 fully saturated rings. The van der Waals surface area contributed by atoms with Crippen molar-refractivity contribution in [1.82, 2.24) is 20.2 Å². The summed E-state index contributed by atoms with van der Waals surface area (Å²) in [6.45, 7) is 1.69. The predicted octanol–water partition coefficient (Wildman–Crippen LogP) is 4.03. The van der Waals surface area contributed by atoms with Gasteiger partial charge in [-0.15, -0.1) is 0 Å². The van der Waals surface area contributed by atoms with Gasteiger partial charge in [-0.2, -0.15) is 5.21 Å². The maximum Gasteiger partial charge on any atom is 0.265 e. The van der Waals surface area contributed by atoms with Crippen LogP contribution in [0.2, 0.25) is 0 Å². The molecule has 1 aromatic heterocycles. The first-order valence-corrected chi connectivity index (χ1v) is 10.3. The first-order chi connectivity index (χ1) is 15.5. The highest BCUT2D eigenvalue weighted by atomic mass is 32.1. The molecule has 1 atom stereocenters. The monoisotopic (exact) mass is 447 g/mol. The third-order valence-electron chi connectivity index (χ3n) is 4.79. The van der Waals surface area contributed by atoms with Gasteiger partial charge in [0.25, 0.3) is 5.91 Å². The summed E-state index contributed by atoms with van der Waals surface area (Å²) in [5, 5.41) is 22.3. The van der Waals surface area contributed by atoms with Crippen molar-refractivity contribution in [1.29, 1.82) is 0 Å². The van der Waals surface area contributed by atoms with E-state index >= 15 is 0 Å². The number of carbonyl (C=O) groups is 1. The second kappa shape index (κ2) is 9.44. The number of tetrazole rings is 1. The minimum Gasteiger partial charge on any atom is -0.508 e. The third kappa shape index (κ3) is 5.19. The number of rotatable bonds is 7. The fraction of sp³-hybridized carbons (Fsp3) is 0.130. The average Bonchev–Trinajstić information content (AvgIpc) is 3.22. The number of anilines is 1. The third-order valence-corrected chi connectivity index (χ3v) is 5.06. The summed E-state index contributed by atoms with van der Waals surface area (Å²) in [7, 11) is 0. The number of hydrogen-bond donors (Lipinski definition) is 3. The number of aromatic amines is 1. The number of phenolic OH excluding ortho intramolecular Hbond substituents is 1. The van der Waals surface area contributed by atoms with E-state index in [0.717, 1.165) is 17.5 Å². The molecule has 0 saturated heterocycles.